The molecule has 0 N–H and O–H groups in total. The second-order valence-corrected chi connectivity index (χ2v) is 6.38. The van der Waals surface area contributed by atoms with Gasteiger partial charge in [-0.1, -0.05) is 6.58 Å². The maximum Gasteiger partial charge on any atom is 0.427 e. The largest absolute Gasteiger partial charge is 0.443 e. The molecule has 6 heteroatoms. The molecule has 0 radical (unpaired) electrons. The predicted molar refractivity (Wildman–Crippen MR) is 74.1 cm³/mol. The molecule has 0 bridgehead atoms. The first kappa shape index (κ1) is 18.1. The third kappa shape index (κ3) is 6.36. The summed E-state index contributed by atoms with van der Waals surface area (Å²) in [6.07, 6.45) is -2.17. The number of ether oxygens (including phenoxy) is 2. The Kier molecular flexibility index (Phi) is 5.51. The highest BCUT2D eigenvalue weighted by molar-refractivity contribution is 6.12. The van der Waals surface area contributed by atoms with Crippen molar-refractivity contribution in [3.05, 3.63) is 12.2 Å². The van der Waals surface area contributed by atoms with E-state index in [4.69, 9.17) is 9.47 Å². The lowest BCUT2D eigenvalue weighted by atomic mass is 10.2. The minimum atomic E-state index is -1.08. The lowest BCUT2D eigenvalue weighted by molar-refractivity contribution is -0.125. The van der Waals surface area contributed by atoms with E-state index >= 15 is 0 Å². The maximum atomic E-state index is 12.0. The Morgan fingerprint density at radius 1 is 0.850 bits per heavy atom. The summed E-state index contributed by atoms with van der Waals surface area (Å²) < 4.78 is 10.1. The lowest BCUT2D eigenvalue weighted by Gasteiger charge is -2.27. The van der Waals surface area contributed by atoms with Gasteiger partial charge in [0.05, 0.1) is 0 Å². The molecule has 0 heterocycles. The van der Waals surface area contributed by atoms with E-state index < -0.39 is 29.3 Å². The molecule has 0 saturated carbocycles. The van der Waals surface area contributed by atoms with Gasteiger partial charge in [0.15, 0.2) is 0 Å². The quantitative estimate of drug-likeness (QED) is 0.691. The summed E-state index contributed by atoms with van der Waals surface area (Å²) >= 11 is 0. The predicted octanol–water partition coefficient (Wildman–Crippen LogP) is 3.26. The van der Waals surface area contributed by atoms with Crippen molar-refractivity contribution in [1.82, 2.24) is 4.90 Å². The van der Waals surface area contributed by atoms with Gasteiger partial charge < -0.3 is 9.47 Å². The van der Waals surface area contributed by atoms with Crippen LogP contribution in [0, 0.1) is 0 Å². The van der Waals surface area contributed by atoms with Gasteiger partial charge in [0.1, 0.15) is 11.2 Å². The zero-order valence-corrected chi connectivity index (χ0v) is 13.2. The van der Waals surface area contributed by atoms with Gasteiger partial charge in [-0.3, -0.25) is 4.79 Å². The van der Waals surface area contributed by atoms with Gasteiger partial charge in [0, 0.05) is 5.57 Å². The number of amides is 3. The summed E-state index contributed by atoms with van der Waals surface area (Å²) in [6.45, 7) is 14.6. The number of imide groups is 3. The number of carbonyl (C=O) groups is 3. The summed E-state index contributed by atoms with van der Waals surface area (Å²) in [4.78, 5) is 36.2. The van der Waals surface area contributed by atoms with Crippen molar-refractivity contribution in [2.24, 2.45) is 0 Å². The number of nitrogens with zero attached hydrogens (tertiary/aromatic N) is 1. The molecule has 0 unspecified atom stereocenters. The molecule has 0 aromatic carbocycles. The molecular weight excluding hydrogens is 262 g/mol. The second kappa shape index (κ2) is 6.07. The maximum absolute atomic E-state index is 12.0. The van der Waals surface area contributed by atoms with Gasteiger partial charge in [-0.2, -0.15) is 0 Å². The molecule has 0 saturated heterocycles. The van der Waals surface area contributed by atoms with Crippen LogP contribution >= 0.6 is 0 Å². The highest BCUT2D eigenvalue weighted by Crippen LogP contribution is 2.16. The topological polar surface area (TPSA) is 72.9 Å². The van der Waals surface area contributed by atoms with Crippen LogP contribution in [0.2, 0.25) is 0 Å². The Morgan fingerprint density at radius 3 is 1.35 bits per heavy atom. The summed E-state index contributed by atoms with van der Waals surface area (Å²) in [7, 11) is 0. The number of hydrogen-bond donors (Lipinski definition) is 0. The van der Waals surface area contributed by atoms with Crippen molar-refractivity contribution < 1.29 is 23.9 Å². The first-order valence-electron chi connectivity index (χ1n) is 6.20. The number of carbonyl (C=O) groups excluding carboxylic acids is 3. The molecule has 0 fully saturated rings. The third-order valence-electron chi connectivity index (χ3n) is 1.72. The minimum absolute atomic E-state index is 0.0294. The van der Waals surface area contributed by atoms with Crippen molar-refractivity contribution in [2.45, 2.75) is 59.7 Å². The summed E-state index contributed by atoms with van der Waals surface area (Å²) in [5, 5.41) is 0. The van der Waals surface area contributed by atoms with Crippen molar-refractivity contribution in [2.75, 3.05) is 0 Å². The zero-order valence-electron chi connectivity index (χ0n) is 13.2. The van der Waals surface area contributed by atoms with Crippen LogP contribution in [0.5, 0.6) is 0 Å². The van der Waals surface area contributed by atoms with Crippen molar-refractivity contribution >= 4 is 18.1 Å². The highest BCUT2D eigenvalue weighted by atomic mass is 16.6. The Labute approximate surface area is 119 Å². The van der Waals surface area contributed by atoms with Crippen molar-refractivity contribution in [3.63, 3.8) is 0 Å². The smallest absolute Gasteiger partial charge is 0.427 e. The molecule has 0 aromatic heterocycles. The summed E-state index contributed by atoms with van der Waals surface area (Å²) in [5.74, 6) is -0.853. The van der Waals surface area contributed by atoms with E-state index in [1.165, 1.54) is 6.92 Å². The Bertz CT molecular complexity index is 398. The Balaban J connectivity index is 5.30. The zero-order chi connectivity index (χ0) is 16.3. The fraction of sp³-hybridized carbons (Fsp3) is 0.643. The molecule has 0 aromatic rings. The number of rotatable bonds is 1. The van der Waals surface area contributed by atoms with Crippen LogP contribution in [0.3, 0.4) is 0 Å². The monoisotopic (exact) mass is 285 g/mol. The average Bonchev–Trinajstić information content (AvgIpc) is 2.10. The van der Waals surface area contributed by atoms with Gasteiger partial charge >= 0.3 is 12.2 Å². The number of hydrogen-bond acceptors (Lipinski definition) is 5. The Hall–Kier alpha value is -1.85. The highest BCUT2D eigenvalue weighted by Gasteiger charge is 2.36. The third-order valence-corrected chi connectivity index (χ3v) is 1.72. The van der Waals surface area contributed by atoms with E-state index in [0.717, 1.165) is 0 Å². The molecule has 114 valence electrons. The van der Waals surface area contributed by atoms with Gasteiger partial charge in [-0.15, -0.1) is 4.90 Å². The SMILES string of the molecule is C=C(C)C(=O)N(C(=O)OC(C)(C)C)C(=O)OC(C)(C)C. The van der Waals surface area contributed by atoms with E-state index in [0.29, 0.717) is 4.90 Å². The van der Waals surface area contributed by atoms with Crippen LogP contribution in [0.15, 0.2) is 12.2 Å². The molecule has 0 aliphatic rings. The van der Waals surface area contributed by atoms with E-state index in [9.17, 15) is 14.4 Å². The summed E-state index contributed by atoms with van der Waals surface area (Å²) in [5.41, 5.74) is -1.65. The molecule has 0 rings (SSSR count). The minimum Gasteiger partial charge on any atom is -0.443 e. The van der Waals surface area contributed by atoms with Gasteiger partial charge in [0.2, 0.25) is 0 Å². The molecule has 20 heavy (non-hydrogen) atoms. The Morgan fingerprint density at radius 2 is 1.15 bits per heavy atom. The normalized spacial score (nSPS) is 11.6. The van der Waals surface area contributed by atoms with E-state index in [1.54, 1.807) is 41.5 Å². The fourth-order valence-electron chi connectivity index (χ4n) is 1.05. The summed E-state index contributed by atoms with van der Waals surface area (Å²) in [6, 6.07) is 0. The van der Waals surface area contributed by atoms with Crippen molar-refractivity contribution in [3.8, 4) is 0 Å². The van der Waals surface area contributed by atoms with E-state index in [2.05, 4.69) is 6.58 Å². The van der Waals surface area contributed by atoms with E-state index in [-0.39, 0.29) is 5.57 Å². The van der Waals surface area contributed by atoms with Crippen LogP contribution in [0.1, 0.15) is 48.5 Å². The second-order valence-electron chi connectivity index (χ2n) is 6.38. The average molecular weight is 285 g/mol. The van der Waals surface area contributed by atoms with Gasteiger partial charge in [-0.05, 0) is 48.5 Å². The standard InChI is InChI=1S/C14H23NO5/c1-9(2)10(16)15(11(17)19-13(3,4)5)12(18)20-14(6,7)8/h1H2,2-8H3. The van der Waals surface area contributed by atoms with Gasteiger partial charge in [-0.25, -0.2) is 9.59 Å². The first-order valence-corrected chi connectivity index (χ1v) is 6.20. The fourth-order valence-corrected chi connectivity index (χ4v) is 1.05. The van der Waals surface area contributed by atoms with Crippen LogP contribution in [0.4, 0.5) is 9.59 Å². The first-order chi connectivity index (χ1) is 8.74. The molecule has 6 nitrogen and oxygen atoms in total. The molecule has 0 aliphatic heterocycles. The molecular formula is C14H23NO5. The van der Waals surface area contributed by atoms with E-state index in [1.807, 2.05) is 0 Å². The molecule has 3 amide bonds. The van der Waals surface area contributed by atoms with Crippen LogP contribution in [0.25, 0.3) is 0 Å². The van der Waals surface area contributed by atoms with Crippen molar-refractivity contribution in [1.29, 1.82) is 0 Å². The van der Waals surface area contributed by atoms with Gasteiger partial charge in [0.25, 0.3) is 5.91 Å². The lowest BCUT2D eigenvalue weighted by Crippen LogP contribution is -2.47. The molecule has 0 aliphatic carbocycles. The molecule has 0 spiro atoms. The molecule has 0 atom stereocenters. The van der Waals surface area contributed by atoms with Crippen LogP contribution < -0.4 is 0 Å². The van der Waals surface area contributed by atoms with Crippen LogP contribution in [-0.2, 0) is 14.3 Å². The van der Waals surface area contributed by atoms with Crippen LogP contribution in [-0.4, -0.2) is 34.2 Å².